The second-order valence-corrected chi connectivity index (χ2v) is 4.66. The SMILES string of the molecule is CCCCC(CC)C(F)S(=O)(=O)O.[CaH2]. The van der Waals surface area contributed by atoms with Crippen molar-refractivity contribution in [2.75, 3.05) is 0 Å². The first-order valence-electron chi connectivity index (χ1n) is 4.53. The molecular formula is C8H19CaFO3S. The summed E-state index contributed by atoms with van der Waals surface area (Å²) in [7, 11) is -4.51. The molecule has 0 aliphatic rings. The molecule has 0 saturated heterocycles. The van der Waals surface area contributed by atoms with Crippen LogP contribution in [0.4, 0.5) is 4.39 Å². The van der Waals surface area contributed by atoms with Gasteiger partial charge in [-0.15, -0.1) is 0 Å². The predicted octanol–water partition coefficient (Wildman–Crippen LogP) is 1.47. The molecule has 0 aromatic heterocycles. The van der Waals surface area contributed by atoms with Gasteiger partial charge in [-0.25, -0.2) is 4.39 Å². The van der Waals surface area contributed by atoms with E-state index in [4.69, 9.17) is 4.55 Å². The molecule has 0 aromatic rings. The van der Waals surface area contributed by atoms with Gasteiger partial charge < -0.3 is 0 Å². The molecule has 0 saturated carbocycles. The molecule has 0 amide bonds. The maximum atomic E-state index is 13.1. The van der Waals surface area contributed by atoms with Gasteiger partial charge in [-0.05, 0) is 12.8 Å². The Bertz CT molecular complexity index is 231. The third-order valence-electron chi connectivity index (χ3n) is 2.11. The van der Waals surface area contributed by atoms with Crippen molar-refractivity contribution < 1.29 is 17.4 Å². The van der Waals surface area contributed by atoms with E-state index in [-0.39, 0.29) is 37.7 Å². The van der Waals surface area contributed by atoms with Crippen LogP contribution < -0.4 is 0 Å². The summed E-state index contributed by atoms with van der Waals surface area (Å²) in [6.45, 7) is 3.67. The number of rotatable bonds is 6. The van der Waals surface area contributed by atoms with Crippen LogP contribution in [0.15, 0.2) is 0 Å². The average molecular weight is 254 g/mol. The number of halogens is 1. The average Bonchev–Trinajstić information content (AvgIpc) is 2.04. The molecular weight excluding hydrogens is 235 g/mol. The fourth-order valence-corrected chi connectivity index (χ4v) is 2.04. The molecule has 2 unspecified atom stereocenters. The number of alkyl halides is 1. The zero-order valence-electron chi connectivity index (χ0n) is 8.03. The molecule has 0 heterocycles. The normalized spacial score (nSPS) is 15.7. The van der Waals surface area contributed by atoms with E-state index in [1.165, 1.54) is 0 Å². The van der Waals surface area contributed by atoms with Crippen LogP contribution in [0.5, 0.6) is 0 Å². The van der Waals surface area contributed by atoms with Crippen molar-refractivity contribution in [2.45, 2.75) is 45.0 Å². The second kappa shape index (κ2) is 8.27. The maximum absolute atomic E-state index is 13.1. The Kier molecular flexibility index (Phi) is 10.3. The molecule has 3 nitrogen and oxygen atoms in total. The topological polar surface area (TPSA) is 54.4 Å². The Morgan fingerprint density at radius 2 is 1.86 bits per heavy atom. The van der Waals surface area contributed by atoms with Crippen molar-refractivity contribution in [1.29, 1.82) is 0 Å². The van der Waals surface area contributed by atoms with Crippen molar-refractivity contribution in [3.05, 3.63) is 0 Å². The van der Waals surface area contributed by atoms with Crippen LogP contribution in [0.1, 0.15) is 39.5 Å². The first kappa shape index (κ1) is 17.5. The standard InChI is InChI=1S/C8H17FO3S.Ca.2H/c1-3-5-6-7(4-2)8(9)13(10,11)12;;;/h7-8H,3-6H2,1-2H3,(H,10,11,12);;;. The molecule has 0 fully saturated rings. The minimum atomic E-state index is -4.51. The summed E-state index contributed by atoms with van der Waals surface area (Å²) in [6, 6.07) is 0. The molecule has 0 aliphatic carbocycles. The zero-order valence-corrected chi connectivity index (χ0v) is 8.85. The predicted molar refractivity (Wildman–Crippen MR) is 58.3 cm³/mol. The van der Waals surface area contributed by atoms with Gasteiger partial charge in [-0.1, -0.05) is 26.7 Å². The molecule has 14 heavy (non-hydrogen) atoms. The summed E-state index contributed by atoms with van der Waals surface area (Å²) in [5.41, 5.74) is -2.12. The van der Waals surface area contributed by atoms with Crippen LogP contribution in [0, 0.1) is 5.92 Å². The van der Waals surface area contributed by atoms with Crippen LogP contribution in [-0.4, -0.2) is 56.2 Å². The molecule has 6 heteroatoms. The van der Waals surface area contributed by atoms with E-state index in [1.54, 1.807) is 6.92 Å². The van der Waals surface area contributed by atoms with Gasteiger partial charge >= 0.3 is 37.7 Å². The fraction of sp³-hybridized carbons (Fsp3) is 1.00. The molecule has 0 aromatic carbocycles. The number of hydrogen-bond acceptors (Lipinski definition) is 2. The second-order valence-electron chi connectivity index (χ2n) is 3.18. The molecule has 0 radical (unpaired) electrons. The van der Waals surface area contributed by atoms with E-state index in [0.717, 1.165) is 12.8 Å². The first-order valence-corrected chi connectivity index (χ1v) is 6.04. The van der Waals surface area contributed by atoms with Gasteiger partial charge in [0.15, 0.2) is 0 Å². The first-order chi connectivity index (χ1) is 5.93. The van der Waals surface area contributed by atoms with E-state index < -0.39 is 21.5 Å². The van der Waals surface area contributed by atoms with Crippen molar-refractivity contribution in [3.8, 4) is 0 Å². The van der Waals surface area contributed by atoms with E-state index in [2.05, 4.69) is 0 Å². The van der Waals surface area contributed by atoms with E-state index in [9.17, 15) is 12.8 Å². The van der Waals surface area contributed by atoms with Crippen LogP contribution in [0.25, 0.3) is 0 Å². The van der Waals surface area contributed by atoms with Crippen LogP contribution >= 0.6 is 0 Å². The number of hydrogen-bond donors (Lipinski definition) is 1. The Labute approximate surface area is 115 Å². The van der Waals surface area contributed by atoms with Gasteiger partial charge in [-0.2, -0.15) is 8.42 Å². The Balaban J connectivity index is 0. The third-order valence-corrected chi connectivity index (χ3v) is 3.06. The molecule has 84 valence electrons. The van der Waals surface area contributed by atoms with Gasteiger partial charge in [0.2, 0.25) is 5.50 Å². The van der Waals surface area contributed by atoms with Gasteiger partial charge in [-0.3, -0.25) is 4.55 Å². The summed E-state index contributed by atoms with van der Waals surface area (Å²) in [6.07, 6.45) is 2.62. The van der Waals surface area contributed by atoms with Crippen molar-refractivity contribution in [1.82, 2.24) is 0 Å². The molecule has 0 rings (SSSR count). The molecule has 0 spiro atoms. The summed E-state index contributed by atoms with van der Waals surface area (Å²) in [5.74, 6) is -0.574. The molecule has 0 aliphatic heterocycles. The molecule has 0 bridgehead atoms. The zero-order chi connectivity index (χ0) is 10.5. The van der Waals surface area contributed by atoms with E-state index in [0.29, 0.717) is 12.8 Å². The van der Waals surface area contributed by atoms with Crippen molar-refractivity contribution >= 4 is 47.9 Å². The van der Waals surface area contributed by atoms with E-state index >= 15 is 0 Å². The van der Waals surface area contributed by atoms with Crippen LogP contribution in [0.2, 0.25) is 0 Å². The Hall–Kier alpha value is 1.10. The van der Waals surface area contributed by atoms with Crippen molar-refractivity contribution in [3.63, 3.8) is 0 Å². The summed E-state index contributed by atoms with van der Waals surface area (Å²) in [5, 5.41) is 0. The summed E-state index contributed by atoms with van der Waals surface area (Å²) < 4.78 is 42.5. The van der Waals surface area contributed by atoms with Gasteiger partial charge in [0.05, 0.1) is 0 Å². The quantitative estimate of drug-likeness (QED) is 0.577. The monoisotopic (exact) mass is 254 g/mol. The van der Waals surface area contributed by atoms with Crippen molar-refractivity contribution in [2.24, 2.45) is 5.92 Å². The minimum absolute atomic E-state index is 0. The van der Waals surface area contributed by atoms with Gasteiger partial charge in [0, 0.05) is 5.92 Å². The van der Waals surface area contributed by atoms with Gasteiger partial charge in [0.1, 0.15) is 0 Å². The van der Waals surface area contributed by atoms with E-state index in [1.807, 2.05) is 6.92 Å². The Morgan fingerprint density at radius 1 is 1.36 bits per heavy atom. The molecule has 1 N–H and O–H groups in total. The van der Waals surface area contributed by atoms with Crippen LogP contribution in [-0.2, 0) is 10.1 Å². The van der Waals surface area contributed by atoms with Gasteiger partial charge in [0.25, 0.3) is 10.1 Å². The Morgan fingerprint density at radius 3 is 2.14 bits per heavy atom. The molecule has 2 atom stereocenters. The number of unbranched alkanes of at least 4 members (excludes halogenated alkanes) is 1. The summed E-state index contributed by atoms with van der Waals surface area (Å²) >= 11 is 0. The third kappa shape index (κ3) is 6.56. The van der Waals surface area contributed by atoms with Crippen LogP contribution in [0.3, 0.4) is 0 Å². The fourth-order valence-electron chi connectivity index (χ4n) is 1.23. The summed E-state index contributed by atoms with van der Waals surface area (Å²) in [4.78, 5) is 0.